The highest BCUT2D eigenvalue weighted by Crippen LogP contribution is 2.19. The van der Waals surface area contributed by atoms with Gasteiger partial charge in [0.15, 0.2) is 0 Å². The predicted molar refractivity (Wildman–Crippen MR) is 110 cm³/mol. The molecule has 2 amide bonds. The zero-order chi connectivity index (χ0) is 20.4. The monoisotopic (exact) mass is 382 g/mol. The molecule has 0 bridgehead atoms. The summed E-state index contributed by atoms with van der Waals surface area (Å²) in [6.45, 7) is 7.12. The van der Waals surface area contributed by atoms with Gasteiger partial charge in [0.1, 0.15) is 12.4 Å². The van der Waals surface area contributed by atoms with Crippen molar-refractivity contribution in [3.8, 4) is 5.75 Å². The smallest absolute Gasteiger partial charge is 0.255 e. The maximum Gasteiger partial charge on any atom is 0.255 e. The maximum absolute atomic E-state index is 12.6. The topological polar surface area (TPSA) is 76.7 Å². The lowest BCUT2D eigenvalue weighted by molar-refractivity contribution is 0.0949. The van der Waals surface area contributed by atoms with Gasteiger partial charge in [0, 0.05) is 25.8 Å². The van der Waals surface area contributed by atoms with E-state index in [1.165, 1.54) is 0 Å². The molecular formula is C22H26N2O4. The van der Waals surface area contributed by atoms with Crippen molar-refractivity contribution >= 4 is 17.5 Å². The van der Waals surface area contributed by atoms with Crippen LogP contribution >= 0.6 is 0 Å². The van der Waals surface area contributed by atoms with Crippen molar-refractivity contribution in [3.05, 3.63) is 71.8 Å². The number of methoxy groups -OCH3 is 1. The van der Waals surface area contributed by atoms with Gasteiger partial charge in [0.2, 0.25) is 0 Å². The molecule has 0 fully saturated rings. The third-order valence-electron chi connectivity index (χ3n) is 3.81. The largest absolute Gasteiger partial charge is 0.489 e. The van der Waals surface area contributed by atoms with Crippen LogP contribution in [0.5, 0.6) is 5.75 Å². The van der Waals surface area contributed by atoms with Crippen molar-refractivity contribution in [1.29, 1.82) is 0 Å². The van der Waals surface area contributed by atoms with Gasteiger partial charge in [-0.3, -0.25) is 9.59 Å². The average molecular weight is 382 g/mol. The highest BCUT2D eigenvalue weighted by molar-refractivity contribution is 6.09. The summed E-state index contributed by atoms with van der Waals surface area (Å²) in [5.74, 6) is 0.0192. The number of carbonyl (C=O) groups is 2. The molecule has 0 aromatic heterocycles. The van der Waals surface area contributed by atoms with Crippen LogP contribution in [0.1, 0.15) is 34.1 Å². The van der Waals surface area contributed by atoms with E-state index in [-0.39, 0.29) is 11.8 Å². The van der Waals surface area contributed by atoms with Crippen LogP contribution in [0.2, 0.25) is 0 Å². The molecule has 0 spiro atoms. The number of ether oxygens (including phenoxy) is 2. The predicted octanol–water partition coefficient (Wildman–Crippen LogP) is 3.66. The minimum Gasteiger partial charge on any atom is -0.489 e. The normalized spacial score (nSPS) is 10.2. The van der Waals surface area contributed by atoms with Crippen LogP contribution in [0.3, 0.4) is 0 Å². The first-order chi connectivity index (χ1) is 13.5. The molecule has 2 rings (SSSR count). The first-order valence-corrected chi connectivity index (χ1v) is 9.06. The second kappa shape index (κ2) is 10.9. The summed E-state index contributed by atoms with van der Waals surface area (Å²) in [6, 6.07) is 13.8. The Morgan fingerprint density at radius 2 is 1.86 bits per heavy atom. The van der Waals surface area contributed by atoms with Gasteiger partial charge in [0.05, 0.1) is 11.3 Å². The summed E-state index contributed by atoms with van der Waals surface area (Å²) >= 11 is 0. The fourth-order valence-corrected chi connectivity index (χ4v) is 2.43. The molecule has 0 aliphatic carbocycles. The van der Waals surface area contributed by atoms with E-state index in [9.17, 15) is 9.59 Å². The fourth-order valence-electron chi connectivity index (χ4n) is 2.43. The molecule has 0 aliphatic rings. The molecule has 2 aromatic rings. The summed E-state index contributed by atoms with van der Waals surface area (Å²) < 4.78 is 10.6. The number of hydrogen-bond donors (Lipinski definition) is 2. The molecule has 0 saturated carbocycles. The van der Waals surface area contributed by atoms with E-state index in [1.807, 2.05) is 6.92 Å². The van der Waals surface area contributed by atoms with E-state index in [1.54, 1.807) is 55.6 Å². The van der Waals surface area contributed by atoms with Crippen LogP contribution in [-0.2, 0) is 4.74 Å². The number of amides is 2. The molecule has 0 saturated heterocycles. The Labute approximate surface area is 165 Å². The van der Waals surface area contributed by atoms with Crippen molar-refractivity contribution in [2.24, 2.45) is 0 Å². The van der Waals surface area contributed by atoms with E-state index >= 15 is 0 Å². The van der Waals surface area contributed by atoms with Crippen molar-refractivity contribution in [1.82, 2.24) is 5.32 Å². The van der Waals surface area contributed by atoms with E-state index in [0.717, 1.165) is 5.57 Å². The summed E-state index contributed by atoms with van der Waals surface area (Å²) in [6.07, 6.45) is 0.716. The van der Waals surface area contributed by atoms with Crippen LogP contribution in [-0.4, -0.2) is 38.7 Å². The molecule has 0 radical (unpaired) electrons. The first-order valence-electron chi connectivity index (χ1n) is 9.06. The Kier molecular flexibility index (Phi) is 8.24. The summed E-state index contributed by atoms with van der Waals surface area (Å²) in [5, 5.41) is 5.63. The number of nitrogens with one attached hydrogen (secondary N) is 2. The molecule has 0 atom stereocenters. The van der Waals surface area contributed by atoms with Crippen molar-refractivity contribution in [3.63, 3.8) is 0 Å². The first kappa shape index (κ1) is 21.2. The molecule has 0 heterocycles. The molecule has 6 heteroatoms. The van der Waals surface area contributed by atoms with Crippen LogP contribution in [0, 0.1) is 0 Å². The van der Waals surface area contributed by atoms with Gasteiger partial charge in [0.25, 0.3) is 11.8 Å². The van der Waals surface area contributed by atoms with Crippen LogP contribution in [0.4, 0.5) is 5.69 Å². The van der Waals surface area contributed by atoms with E-state index in [2.05, 4.69) is 17.2 Å². The molecule has 148 valence electrons. The van der Waals surface area contributed by atoms with Crippen LogP contribution < -0.4 is 15.4 Å². The third-order valence-corrected chi connectivity index (χ3v) is 3.81. The van der Waals surface area contributed by atoms with Gasteiger partial charge in [-0.2, -0.15) is 0 Å². The zero-order valence-electron chi connectivity index (χ0n) is 16.3. The molecule has 2 N–H and O–H groups in total. The van der Waals surface area contributed by atoms with E-state index in [0.29, 0.717) is 48.7 Å². The zero-order valence-corrected chi connectivity index (χ0v) is 16.3. The number of anilines is 1. The van der Waals surface area contributed by atoms with E-state index < -0.39 is 0 Å². The summed E-state index contributed by atoms with van der Waals surface area (Å²) in [7, 11) is 1.62. The lowest BCUT2D eigenvalue weighted by atomic mass is 10.1. The number of benzene rings is 2. The minimum absolute atomic E-state index is 0.245. The van der Waals surface area contributed by atoms with Gasteiger partial charge < -0.3 is 20.1 Å². The standard InChI is InChI=1S/C22H26N2O4/c1-16(2)15-28-18-9-6-8-17(14-18)21(25)24-20-11-5-4-10-19(20)22(26)23-12-7-13-27-3/h4-6,8-11,14H,1,7,12-13,15H2,2-3H3,(H,23,26)(H,24,25). The van der Waals surface area contributed by atoms with Crippen molar-refractivity contribution in [2.45, 2.75) is 13.3 Å². The second-order valence-corrected chi connectivity index (χ2v) is 6.38. The Morgan fingerprint density at radius 1 is 1.07 bits per heavy atom. The van der Waals surface area contributed by atoms with Crippen LogP contribution in [0.15, 0.2) is 60.7 Å². The van der Waals surface area contributed by atoms with E-state index in [4.69, 9.17) is 9.47 Å². The lowest BCUT2D eigenvalue weighted by Crippen LogP contribution is -2.26. The van der Waals surface area contributed by atoms with Crippen molar-refractivity contribution in [2.75, 3.05) is 32.2 Å². The highest BCUT2D eigenvalue weighted by atomic mass is 16.5. The lowest BCUT2D eigenvalue weighted by Gasteiger charge is -2.12. The van der Waals surface area contributed by atoms with Gasteiger partial charge in [-0.25, -0.2) is 0 Å². The molecular weight excluding hydrogens is 356 g/mol. The van der Waals surface area contributed by atoms with Crippen molar-refractivity contribution < 1.29 is 19.1 Å². The molecule has 0 aliphatic heterocycles. The molecule has 28 heavy (non-hydrogen) atoms. The minimum atomic E-state index is -0.319. The molecule has 6 nitrogen and oxygen atoms in total. The van der Waals surface area contributed by atoms with Gasteiger partial charge in [-0.15, -0.1) is 0 Å². The average Bonchev–Trinajstić information content (AvgIpc) is 2.70. The fraction of sp³-hybridized carbons (Fsp3) is 0.273. The number of rotatable bonds is 10. The Bertz CT molecular complexity index is 833. The molecule has 2 aromatic carbocycles. The van der Waals surface area contributed by atoms with Gasteiger partial charge in [-0.05, 0) is 49.2 Å². The Morgan fingerprint density at radius 3 is 2.61 bits per heavy atom. The Hall–Kier alpha value is -3.12. The second-order valence-electron chi connectivity index (χ2n) is 6.38. The van der Waals surface area contributed by atoms with Gasteiger partial charge >= 0.3 is 0 Å². The molecule has 0 unspecified atom stereocenters. The van der Waals surface area contributed by atoms with Gasteiger partial charge in [-0.1, -0.05) is 24.8 Å². The third kappa shape index (κ3) is 6.55. The highest BCUT2D eigenvalue weighted by Gasteiger charge is 2.14. The number of carbonyl (C=O) groups excluding carboxylic acids is 2. The SMILES string of the molecule is C=C(C)COc1cccc(C(=O)Nc2ccccc2C(=O)NCCCOC)c1. The summed E-state index contributed by atoms with van der Waals surface area (Å²) in [4.78, 5) is 25.1. The maximum atomic E-state index is 12.6. The number of para-hydroxylation sites is 1. The number of hydrogen-bond acceptors (Lipinski definition) is 4. The Balaban J connectivity index is 2.07. The quantitative estimate of drug-likeness (QED) is 0.486. The van der Waals surface area contributed by atoms with Crippen LogP contribution in [0.25, 0.3) is 0 Å². The summed E-state index contributed by atoms with van der Waals surface area (Å²) in [5.41, 5.74) is 2.18.